The Kier molecular flexibility index (Phi) is 7.37. The molecule has 41 heavy (non-hydrogen) atoms. The van der Waals surface area contributed by atoms with Crippen molar-refractivity contribution < 1.29 is 23.0 Å². The number of fused-ring (bicyclic) bond motifs is 2. The Morgan fingerprint density at radius 3 is 2.66 bits per heavy atom. The molecule has 9 nitrogen and oxygen atoms in total. The van der Waals surface area contributed by atoms with E-state index >= 15 is 0 Å². The fourth-order valence-electron chi connectivity index (χ4n) is 4.87. The van der Waals surface area contributed by atoms with Crippen molar-refractivity contribution in [2.75, 3.05) is 45.1 Å². The summed E-state index contributed by atoms with van der Waals surface area (Å²) in [6.45, 7) is 3.02. The molecule has 4 aromatic rings. The fourth-order valence-corrected chi connectivity index (χ4v) is 4.87. The second kappa shape index (κ2) is 10.8. The minimum Gasteiger partial charge on any atom is -0.486 e. The molecule has 1 atom stereocenters. The number of halogens is 2. The van der Waals surface area contributed by atoms with Crippen LogP contribution in [-0.4, -0.2) is 60.6 Å². The summed E-state index contributed by atoms with van der Waals surface area (Å²) in [5.74, 6) is -1.32. The lowest BCUT2D eigenvalue weighted by molar-refractivity contribution is -0.128. The molecule has 5 rings (SSSR count). The van der Waals surface area contributed by atoms with Gasteiger partial charge < -0.3 is 24.6 Å². The summed E-state index contributed by atoms with van der Waals surface area (Å²) < 4.78 is 39.4. The molecule has 11 heteroatoms. The lowest BCUT2D eigenvalue weighted by Gasteiger charge is -2.22. The van der Waals surface area contributed by atoms with E-state index in [1.165, 1.54) is 18.1 Å². The van der Waals surface area contributed by atoms with Crippen molar-refractivity contribution >= 4 is 34.0 Å². The minimum atomic E-state index is -3.02. The number of nitrogens with zero attached hydrogens (tertiary/aromatic N) is 5. The molecule has 1 amide bonds. The van der Waals surface area contributed by atoms with Crippen molar-refractivity contribution in [3.05, 3.63) is 71.2 Å². The molecule has 1 N–H and O–H groups in total. The summed E-state index contributed by atoms with van der Waals surface area (Å²) >= 11 is 0. The SMILES string of the molecule is COc1ncc(N(C)c2ccc3nc(C)nc(NC(C)c4cccc5c4OCC5(F)F)c3c2)cc1CC(=O)N(C)C. The molecule has 0 saturated heterocycles. The molecule has 0 spiro atoms. The predicted molar refractivity (Wildman–Crippen MR) is 153 cm³/mol. The first-order chi connectivity index (χ1) is 19.5. The van der Waals surface area contributed by atoms with E-state index in [1.807, 2.05) is 43.1 Å². The number of hydrogen-bond donors (Lipinski definition) is 1. The van der Waals surface area contributed by atoms with Gasteiger partial charge in [-0.3, -0.25) is 4.79 Å². The summed E-state index contributed by atoms with van der Waals surface area (Å²) in [6, 6.07) is 12.1. The van der Waals surface area contributed by atoms with Crippen LogP contribution in [0.5, 0.6) is 11.6 Å². The lowest BCUT2D eigenvalue weighted by Crippen LogP contribution is -2.24. The molecule has 1 aliphatic heterocycles. The van der Waals surface area contributed by atoms with Gasteiger partial charge in [0, 0.05) is 43.3 Å². The molecule has 1 aliphatic rings. The van der Waals surface area contributed by atoms with Gasteiger partial charge in [0.15, 0.2) is 6.61 Å². The Hall–Kier alpha value is -4.54. The average molecular weight is 563 g/mol. The molecule has 2 aromatic heterocycles. The molecule has 0 fully saturated rings. The number of pyridine rings is 1. The van der Waals surface area contributed by atoms with E-state index in [9.17, 15) is 13.6 Å². The quantitative estimate of drug-likeness (QED) is 0.305. The summed E-state index contributed by atoms with van der Waals surface area (Å²) in [5, 5.41) is 4.16. The van der Waals surface area contributed by atoms with Gasteiger partial charge >= 0.3 is 5.92 Å². The Labute approximate surface area is 237 Å². The summed E-state index contributed by atoms with van der Waals surface area (Å²) in [6.07, 6.45) is 1.84. The monoisotopic (exact) mass is 562 g/mol. The molecule has 2 aromatic carbocycles. The fraction of sp³-hybridized carbons (Fsp3) is 0.333. The van der Waals surface area contributed by atoms with Crippen molar-refractivity contribution in [3.8, 4) is 11.6 Å². The van der Waals surface area contributed by atoms with E-state index in [-0.39, 0.29) is 29.7 Å². The normalized spacial score (nSPS) is 14.2. The number of anilines is 3. The van der Waals surface area contributed by atoms with E-state index in [2.05, 4.69) is 20.3 Å². The highest BCUT2D eigenvalue weighted by atomic mass is 19.3. The Balaban J connectivity index is 1.49. The van der Waals surface area contributed by atoms with E-state index in [1.54, 1.807) is 39.3 Å². The number of likely N-dealkylation sites (N-methyl/N-ethyl adjacent to an activating group) is 1. The van der Waals surface area contributed by atoms with Gasteiger partial charge in [0.25, 0.3) is 0 Å². The Morgan fingerprint density at radius 2 is 1.93 bits per heavy atom. The molecule has 0 saturated carbocycles. The van der Waals surface area contributed by atoms with Crippen molar-refractivity contribution in [2.24, 2.45) is 0 Å². The van der Waals surface area contributed by atoms with Crippen molar-refractivity contribution in [1.82, 2.24) is 19.9 Å². The maximum atomic E-state index is 14.3. The number of aryl methyl sites for hydroxylation is 1. The number of methoxy groups -OCH3 is 1. The number of ether oxygens (including phenoxy) is 2. The molecule has 3 heterocycles. The second-order valence-electron chi connectivity index (χ2n) is 10.3. The predicted octanol–water partition coefficient (Wildman–Crippen LogP) is 5.40. The summed E-state index contributed by atoms with van der Waals surface area (Å²) in [7, 11) is 6.84. The van der Waals surface area contributed by atoms with Crippen LogP contribution in [0.1, 0.15) is 35.5 Å². The highest BCUT2D eigenvalue weighted by Crippen LogP contribution is 2.45. The number of aromatic nitrogens is 3. The minimum absolute atomic E-state index is 0.0638. The van der Waals surface area contributed by atoms with Crippen molar-refractivity contribution in [3.63, 3.8) is 0 Å². The summed E-state index contributed by atoms with van der Waals surface area (Å²) in [5.41, 5.74) is 3.53. The number of carbonyl (C=O) groups is 1. The van der Waals surface area contributed by atoms with Gasteiger partial charge in [0.1, 0.15) is 17.4 Å². The Bertz CT molecular complexity index is 1630. The first kappa shape index (κ1) is 28.0. The number of rotatable bonds is 8. The first-order valence-corrected chi connectivity index (χ1v) is 13.1. The zero-order valence-electron chi connectivity index (χ0n) is 23.8. The van der Waals surface area contributed by atoms with Crippen LogP contribution >= 0.6 is 0 Å². The van der Waals surface area contributed by atoms with E-state index < -0.39 is 12.5 Å². The van der Waals surface area contributed by atoms with E-state index in [4.69, 9.17) is 9.47 Å². The number of carbonyl (C=O) groups excluding carboxylic acids is 1. The smallest absolute Gasteiger partial charge is 0.310 e. The van der Waals surface area contributed by atoms with Crippen LogP contribution in [0.4, 0.5) is 26.0 Å². The third kappa shape index (κ3) is 5.44. The van der Waals surface area contributed by atoms with Gasteiger partial charge in [-0.1, -0.05) is 12.1 Å². The van der Waals surface area contributed by atoms with Crippen LogP contribution in [0.25, 0.3) is 10.9 Å². The van der Waals surface area contributed by atoms with Crippen LogP contribution in [0.15, 0.2) is 48.7 Å². The number of benzene rings is 2. The molecular weight excluding hydrogens is 530 g/mol. The zero-order chi connectivity index (χ0) is 29.5. The second-order valence-corrected chi connectivity index (χ2v) is 10.3. The molecule has 0 aliphatic carbocycles. The first-order valence-electron chi connectivity index (χ1n) is 13.1. The van der Waals surface area contributed by atoms with Crippen molar-refractivity contribution in [1.29, 1.82) is 0 Å². The highest BCUT2D eigenvalue weighted by Gasteiger charge is 2.42. The highest BCUT2D eigenvalue weighted by molar-refractivity contribution is 5.92. The Morgan fingerprint density at radius 1 is 1.15 bits per heavy atom. The maximum absolute atomic E-state index is 14.3. The third-order valence-corrected chi connectivity index (χ3v) is 7.17. The largest absolute Gasteiger partial charge is 0.486 e. The standard InChI is InChI=1S/C30H32F2N6O3/c1-17(22-8-7-9-24-27(22)41-16-30(24,31)32)34-28-23-14-20(10-11-25(23)35-18(2)36-28)38(5)21-12-19(13-26(39)37(3)4)29(40-6)33-15-21/h7-12,14-15,17H,13,16H2,1-6H3,(H,34,35,36). The van der Waals surface area contributed by atoms with Crippen molar-refractivity contribution in [2.45, 2.75) is 32.2 Å². The molecule has 214 valence electrons. The zero-order valence-corrected chi connectivity index (χ0v) is 23.8. The van der Waals surface area contributed by atoms with Gasteiger partial charge in [0.2, 0.25) is 11.8 Å². The van der Waals surface area contributed by atoms with Crippen LogP contribution in [-0.2, 0) is 17.1 Å². The third-order valence-electron chi connectivity index (χ3n) is 7.17. The molecule has 1 unspecified atom stereocenters. The van der Waals surface area contributed by atoms with Gasteiger partial charge in [-0.2, -0.15) is 8.78 Å². The van der Waals surface area contributed by atoms with Crippen LogP contribution in [0.2, 0.25) is 0 Å². The van der Waals surface area contributed by atoms with Gasteiger partial charge in [-0.25, -0.2) is 15.0 Å². The average Bonchev–Trinajstić information content (AvgIpc) is 3.26. The van der Waals surface area contributed by atoms with Gasteiger partial charge in [-0.05, 0) is 44.2 Å². The summed E-state index contributed by atoms with van der Waals surface area (Å²) in [4.78, 5) is 29.5. The van der Waals surface area contributed by atoms with Crippen LogP contribution < -0.4 is 19.7 Å². The molecule has 0 bridgehead atoms. The van der Waals surface area contributed by atoms with Crippen LogP contribution in [0.3, 0.4) is 0 Å². The number of nitrogens with one attached hydrogen (secondary N) is 1. The van der Waals surface area contributed by atoms with Gasteiger partial charge in [-0.15, -0.1) is 0 Å². The topological polar surface area (TPSA) is 92.7 Å². The molecule has 0 radical (unpaired) electrons. The number of para-hydroxylation sites is 1. The molecular formula is C30H32F2N6O3. The van der Waals surface area contributed by atoms with Gasteiger partial charge in [0.05, 0.1) is 42.5 Å². The van der Waals surface area contributed by atoms with Crippen LogP contribution in [0, 0.1) is 6.92 Å². The van der Waals surface area contributed by atoms with E-state index in [0.717, 1.165) is 22.3 Å². The van der Waals surface area contributed by atoms with E-state index in [0.29, 0.717) is 28.6 Å². The number of hydrogen-bond acceptors (Lipinski definition) is 8. The number of alkyl halides is 2. The number of amides is 1. The lowest BCUT2D eigenvalue weighted by atomic mass is 10.0. The maximum Gasteiger partial charge on any atom is 0.310 e.